The molecule has 0 saturated heterocycles. The van der Waals surface area contributed by atoms with Gasteiger partial charge >= 0.3 is 35.8 Å². The molecule has 246 valence electrons. The summed E-state index contributed by atoms with van der Waals surface area (Å²) in [5.74, 6) is -14.2. The Labute approximate surface area is 247 Å². The van der Waals surface area contributed by atoms with Gasteiger partial charge in [-0.3, -0.25) is 43.2 Å². The van der Waals surface area contributed by atoms with Crippen molar-refractivity contribution in [1.82, 2.24) is 21.3 Å². The van der Waals surface area contributed by atoms with Crippen molar-refractivity contribution in [3.63, 3.8) is 0 Å². The number of aliphatic carboxylic acids is 6. The molecule has 0 aromatic carbocycles. The number of amides is 4. The third-order valence-electron chi connectivity index (χ3n) is 5.56. The van der Waals surface area contributed by atoms with E-state index in [1.54, 1.807) is 0 Å². The normalized spacial score (nSPS) is 13.9. The standard InChI is InChI=1S/C23H33N5O16/c24-9(7-17(35)36)19(39)25-10(1-4-14(29)30)20(40)26-11(2-5-15(31)32)21(41)27-12(3-6-16(33)34)22(42)28-13(23(43)44)8-18(37)38/h9-13H,1-8,24H2,(H,25,39)(H,26,40)(H,27,41)(H,28,42)(H,29,30)(H,31,32)(H,33,34)(H,35,36)(H,37,38)(H,43,44)/t9-,10-,11-,12-,13-/m0/s1. The maximum absolute atomic E-state index is 13.1. The van der Waals surface area contributed by atoms with Crippen LogP contribution in [-0.4, -0.2) is 120 Å². The first-order valence-corrected chi connectivity index (χ1v) is 12.6. The van der Waals surface area contributed by atoms with Crippen LogP contribution in [0.25, 0.3) is 0 Å². The maximum atomic E-state index is 13.1. The van der Waals surface area contributed by atoms with E-state index in [9.17, 15) is 47.9 Å². The predicted octanol–water partition coefficient (Wildman–Crippen LogP) is -4.12. The van der Waals surface area contributed by atoms with Gasteiger partial charge in [-0.1, -0.05) is 0 Å². The van der Waals surface area contributed by atoms with E-state index in [0.29, 0.717) is 0 Å². The highest BCUT2D eigenvalue weighted by molar-refractivity contribution is 5.96. The second-order valence-corrected chi connectivity index (χ2v) is 9.18. The van der Waals surface area contributed by atoms with Crippen molar-refractivity contribution in [2.45, 2.75) is 81.6 Å². The minimum Gasteiger partial charge on any atom is -0.481 e. The number of carboxylic acids is 6. The number of carboxylic acid groups (broad SMARTS) is 6. The molecule has 5 atom stereocenters. The summed E-state index contributed by atoms with van der Waals surface area (Å²) in [6, 6.07) is -9.02. The number of hydrogen-bond acceptors (Lipinski definition) is 11. The zero-order valence-corrected chi connectivity index (χ0v) is 22.9. The molecule has 0 rings (SSSR count). The molecule has 0 bridgehead atoms. The fourth-order valence-electron chi connectivity index (χ4n) is 3.36. The van der Waals surface area contributed by atoms with E-state index in [1.165, 1.54) is 0 Å². The molecular weight excluding hydrogens is 602 g/mol. The van der Waals surface area contributed by atoms with E-state index in [4.69, 9.17) is 36.4 Å². The van der Waals surface area contributed by atoms with E-state index < -0.39 is 141 Å². The summed E-state index contributed by atoms with van der Waals surface area (Å²) in [5, 5.41) is 61.9. The molecule has 0 saturated carbocycles. The molecule has 0 aliphatic rings. The molecule has 12 N–H and O–H groups in total. The van der Waals surface area contributed by atoms with Crippen molar-refractivity contribution in [2.75, 3.05) is 0 Å². The van der Waals surface area contributed by atoms with Crippen LogP contribution in [0.1, 0.15) is 51.4 Å². The highest BCUT2D eigenvalue weighted by Gasteiger charge is 2.33. The van der Waals surface area contributed by atoms with Crippen molar-refractivity contribution in [3.05, 3.63) is 0 Å². The van der Waals surface area contributed by atoms with Gasteiger partial charge in [-0.25, -0.2) is 4.79 Å². The monoisotopic (exact) mass is 635 g/mol. The molecule has 0 heterocycles. The molecular formula is C23H33N5O16. The van der Waals surface area contributed by atoms with Gasteiger partial charge in [0.2, 0.25) is 23.6 Å². The quantitative estimate of drug-likeness (QED) is 0.0538. The Morgan fingerprint density at radius 2 is 0.727 bits per heavy atom. The van der Waals surface area contributed by atoms with Crippen molar-refractivity contribution in [3.8, 4) is 0 Å². The van der Waals surface area contributed by atoms with Gasteiger partial charge in [0.15, 0.2) is 0 Å². The highest BCUT2D eigenvalue weighted by Crippen LogP contribution is 2.07. The Balaban J connectivity index is 6.09. The fraction of sp³-hybridized carbons (Fsp3) is 0.565. The molecule has 44 heavy (non-hydrogen) atoms. The highest BCUT2D eigenvalue weighted by atomic mass is 16.4. The number of carbonyl (C=O) groups is 10. The largest absolute Gasteiger partial charge is 0.481 e. The van der Waals surface area contributed by atoms with Crippen LogP contribution in [-0.2, 0) is 47.9 Å². The van der Waals surface area contributed by atoms with E-state index in [-0.39, 0.29) is 0 Å². The Kier molecular flexibility index (Phi) is 16.7. The van der Waals surface area contributed by atoms with Gasteiger partial charge in [-0.15, -0.1) is 0 Å². The van der Waals surface area contributed by atoms with Gasteiger partial charge in [0.25, 0.3) is 0 Å². The molecule has 0 aromatic rings. The number of rotatable bonds is 22. The molecule has 21 heteroatoms. The topological polar surface area (TPSA) is 366 Å². The fourth-order valence-corrected chi connectivity index (χ4v) is 3.36. The lowest BCUT2D eigenvalue weighted by Gasteiger charge is -2.26. The van der Waals surface area contributed by atoms with Crippen molar-refractivity contribution in [2.24, 2.45) is 5.73 Å². The van der Waals surface area contributed by atoms with Gasteiger partial charge in [0.05, 0.1) is 18.9 Å². The summed E-state index contributed by atoms with van der Waals surface area (Å²) in [7, 11) is 0. The summed E-state index contributed by atoms with van der Waals surface area (Å²) in [6.45, 7) is 0. The molecule has 0 radical (unpaired) electrons. The van der Waals surface area contributed by atoms with Gasteiger partial charge in [-0.2, -0.15) is 0 Å². The number of nitrogens with two attached hydrogens (primary N) is 1. The molecule has 0 unspecified atom stereocenters. The molecule has 0 spiro atoms. The summed E-state index contributed by atoms with van der Waals surface area (Å²) >= 11 is 0. The number of hydrogen-bond donors (Lipinski definition) is 11. The average Bonchev–Trinajstić information content (AvgIpc) is 2.89. The maximum Gasteiger partial charge on any atom is 0.326 e. The third kappa shape index (κ3) is 16.2. The summed E-state index contributed by atoms with van der Waals surface area (Å²) in [5.41, 5.74) is 5.45. The minimum atomic E-state index is -1.99. The van der Waals surface area contributed by atoms with Crippen molar-refractivity contribution >= 4 is 59.4 Å². The second-order valence-electron chi connectivity index (χ2n) is 9.18. The lowest BCUT2D eigenvalue weighted by Crippen LogP contribution is -2.58. The van der Waals surface area contributed by atoms with Crippen LogP contribution in [0.2, 0.25) is 0 Å². The van der Waals surface area contributed by atoms with Gasteiger partial charge in [0, 0.05) is 19.3 Å². The first-order valence-electron chi connectivity index (χ1n) is 12.6. The lowest BCUT2D eigenvalue weighted by molar-refractivity contribution is -0.147. The zero-order chi connectivity index (χ0) is 34.1. The minimum absolute atomic E-state index is 0.593. The summed E-state index contributed by atoms with van der Waals surface area (Å²) in [4.78, 5) is 117. The van der Waals surface area contributed by atoms with E-state index in [2.05, 4.69) is 5.32 Å². The van der Waals surface area contributed by atoms with Gasteiger partial charge in [-0.05, 0) is 19.3 Å². The van der Waals surface area contributed by atoms with E-state index >= 15 is 0 Å². The molecule has 0 aliphatic heterocycles. The summed E-state index contributed by atoms with van der Waals surface area (Å²) in [6.07, 6.45) is -6.10. The Morgan fingerprint density at radius 3 is 1.00 bits per heavy atom. The number of nitrogens with one attached hydrogen (secondary N) is 4. The van der Waals surface area contributed by atoms with Crippen molar-refractivity contribution < 1.29 is 78.6 Å². The molecule has 21 nitrogen and oxygen atoms in total. The van der Waals surface area contributed by atoms with Crippen LogP contribution in [0.3, 0.4) is 0 Å². The smallest absolute Gasteiger partial charge is 0.326 e. The Hall–Kier alpha value is -5.34. The van der Waals surface area contributed by atoms with Gasteiger partial charge < -0.3 is 57.6 Å². The Morgan fingerprint density at radius 1 is 0.432 bits per heavy atom. The average molecular weight is 636 g/mol. The predicted molar refractivity (Wildman–Crippen MR) is 138 cm³/mol. The number of carbonyl (C=O) groups excluding carboxylic acids is 4. The summed E-state index contributed by atoms with van der Waals surface area (Å²) < 4.78 is 0. The molecule has 0 fully saturated rings. The zero-order valence-electron chi connectivity index (χ0n) is 22.9. The molecule has 0 aliphatic carbocycles. The van der Waals surface area contributed by atoms with Crippen LogP contribution in [0, 0.1) is 0 Å². The van der Waals surface area contributed by atoms with Crippen LogP contribution in [0.5, 0.6) is 0 Å². The van der Waals surface area contributed by atoms with E-state index in [0.717, 1.165) is 0 Å². The van der Waals surface area contributed by atoms with Crippen LogP contribution in [0.4, 0.5) is 0 Å². The van der Waals surface area contributed by atoms with Crippen LogP contribution >= 0.6 is 0 Å². The van der Waals surface area contributed by atoms with E-state index in [1.807, 2.05) is 16.0 Å². The Bertz CT molecular complexity index is 1140. The first kappa shape index (κ1) is 38.7. The third-order valence-corrected chi connectivity index (χ3v) is 5.56. The molecule has 0 aromatic heterocycles. The van der Waals surface area contributed by atoms with Crippen molar-refractivity contribution in [1.29, 1.82) is 0 Å². The SMILES string of the molecule is N[C@@H](CC(=O)O)C(=O)N[C@@H](CCC(=O)O)C(=O)N[C@@H](CCC(=O)O)C(=O)N[C@@H](CCC(=O)O)C(=O)N[C@@H](CC(=O)O)C(=O)O. The van der Waals surface area contributed by atoms with Crippen LogP contribution < -0.4 is 27.0 Å². The second kappa shape index (κ2) is 19.0. The lowest BCUT2D eigenvalue weighted by atomic mass is 10.0. The van der Waals surface area contributed by atoms with Gasteiger partial charge in [0.1, 0.15) is 24.2 Å². The van der Waals surface area contributed by atoms with Crippen LogP contribution in [0.15, 0.2) is 0 Å². The first-order chi connectivity index (χ1) is 20.3. The molecule has 4 amide bonds.